The summed E-state index contributed by atoms with van der Waals surface area (Å²) in [5, 5.41) is 9.65. The van der Waals surface area contributed by atoms with E-state index in [9.17, 15) is 5.11 Å². The van der Waals surface area contributed by atoms with E-state index >= 15 is 0 Å². The van der Waals surface area contributed by atoms with Gasteiger partial charge in [0.2, 0.25) is 0 Å². The molecule has 1 rings (SSSR count). The topological polar surface area (TPSA) is 20.2 Å². The van der Waals surface area contributed by atoms with Crippen LogP contribution in [-0.4, -0.2) is 11.2 Å². The average Bonchev–Trinajstić information content (AvgIpc) is 2.02. The lowest BCUT2D eigenvalue weighted by Gasteiger charge is -2.35. The molecule has 1 aliphatic carbocycles. The number of rotatable bonds is 2. The molecule has 76 valence electrons. The third-order valence-corrected chi connectivity index (χ3v) is 3.36. The van der Waals surface area contributed by atoms with Crippen molar-refractivity contribution in [2.24, 2.45) is 17.8 Å². The van der Waals surface area contributed by atoms with E-state index in [4.69, 9.17) is 0 Å². The van der Waals surface area contributed by atoms with Crippen LogP contribution in [0, 0.1) is 17.8 Å². The Morgan fingerprint density at radius 2 is 2.15 bits per heavy atom. The zero-order valence-electron chi connectivity index (χ0n) is 9.25. The first kappa shape index (κ1) is 10.8. The first-order valence-electron chi connectivity index (χ1n) is 5.43. The van der Waals surface area contributed by atoms with Gasteiger partial charge in [-0.2, -0.15) is 0 Å². The second kappa shape index (κ2) is 4.28. The molecule has 0 aromatic rings. The molecule has 0 amide bonds. The van der Waals surface area contributed by atoms with E-state index < -0.39 is 0 Å². The van der Waals surface area contributed by atoms with Gasteiger partial charge < -0.3 is 5.11 Å². The molecule has 1 N–H and O–H groups in total. The molecule has 0 saturated heterocycles. The van der Waals surface area contributed by atoms with Crippen molar-refractivity contribution in [1.82, 2.24) is 0 Å². The maximum atomic E-state index is 9.65. The second-order valence-electron chi connectivity index (χ2n) is 4.54. The van der Waals surface area contributed by atoms with E-state index in [1.54, 1.807) is 5.57 Å². The highest BCUT2D eigenvalue weighted by molar-refractivity contribution is 5.10. The van der Waals surface area contributed by atoms with E-state index in [0.717, 1.165) is 0 Å². The molecule has 2 unspecified atom stereocenters. The van der Waals surface area contributed by atoms with Crippen molar-refractivity contribution >= 4 is 0 Å². The van der Waals surface area contributed by atoms with Crippen LogP contribution in [0.3, 0.4) is 0 Å². The zero-order chi connectivity index (χ0) is 10.0. The van der Waals surface area contributed by atoms with E-state index in [-0.39, 0.29) is 6.10 Å². The number of hydrogen-bond acceptors (Lipinski definition) is 1. The second-order valence-corrected chi connectivity index (χ2v) is 4.54. The maximum absolute atomic E-state index is 9.65. The normalized spacial score (nSPS) is 37.0. The molecule has 1 heteroatoms. The molecule has 0 aliphatic heterocycles. The number of aliphatic hydroxyl groups is 1. The predicted octanol–water partition coefficient (Wildman–Crippen LogP) is 3.00. The Hall–Kier alpha value is -0.300. The van der Waals surface area contributed by atoms with E-state index in [1.165, 1.54) is 12.8 Å². The molecule has 0 spiro atoms. The number of allylic oxidation sites excluding steroid dienone is 2. The molecule has 0 fully saturated rings. The van der Waals surface area contributed by atoms with Crippen LogP contribution in [0.2, 0.25) is 0 Å². The Kier molecular flexibility index (Phi) is 3.55. The molecule has 0 heterocycles. The SMILES string of the molecule is CCC1=CC(C)[C@H]([C@H](C)O)C(C)C1. The summed E-state index contributed by atoms with van der Waals surface area (Å²) >= 11 is 0. The predicted molar refractivity (Wildman–Crippen MR) is 56.5 cm³/mol. The van der Waals surface area contributed by atoms with Crippen molar-refractivity contribution in [1.29, 1.82) is 0 Å². The Labute approximate surface area is 81.9 Å². The number of hydrogen-bond donors (Lipinski definition) is 1. The molecular formula is C12H22O. The van der Waals surface area contributed by atoms with Crippen molar-refractivity contribution in [2.75, 3.05) is 0 Å². The summed E-state index contributed by atoms with van der Waals surface area (Å²) < 4.78 is 0. The van der Waals surface area contributed by atoms with Gasteiger partial charge in [-0.15, -0.1) is 0 Å². The van der Waals surface area contributed by atoms with Crippen LogP contribution in [0.1, 0.15) is 40.5 Å². The average molecular weight is 182 g/mol. The minimum absolute atomic E-state index is 0.167. The van der Waals surface area contributed by atoms with E-state index in [2.05, 4.69) is 26.8 Å². The molecule has 13 heavy (non-hydrogen) atoms. The first-order chi connectivity index (χ1) is 6.06. The molecular weight excluding hydrogens is 160 g/mol. The van der Waals surface area contributed by atoms with E-state index in [1.807, 2.05) is 6.92 Å². The molecule has 0 radical (unpaired) electrons. The molecule has 4 atom stereocenters. The third kappa shape index (κ3) is 2.34. The highest BCUT2D eigenvalue weighted by Crippen LogP contribution is 2.36. The minimum Gasteiger partial charge on any atom is -0.393 e. The Morgan fingerprint density at radius 1 is 1.54 bits per heavy atom. The fraction of sp³-hybridized carbons (Fsp3) is 0.833. The summed E-state index contributed by atoms with van der Waals surface area (Å²) in [7, 11) is 0. The van der Waals surface area contributed by atoms with Crippen LogP contribution in [0.4, 0.5) is 0 Å². The van der Waals surface area contributed by atoms with E-state index in [0.29, 0.717) is 17.8 Å². The summed E-state index contributed by atoms with van der Waals surface area (Å²) in [6, 6.07) is 0. The summed E-state index contributed by atoms with van der Waals surface area (Å²) in [6.07, 6.45) is 4.54. The first-order valence-corrected chi connectivity index (χ1v) is 5.43. The molecule has 0 aromatic carbocycles. The van der Waals surface area contributed by atoms with Crippen molar-refractivity contribution in [3.05, 3.63) is 11.6 Å². The molecule has 1 aliphatic rings. The largest absolute Gasteiger partial charge is 0.393 e. The minimum atomic E-state index is -0.167. The summed E-state index contributed by atoms with van der Waals surface area (Å²) in [4.78, 5) is 0. The van der Waals surface area contributed by atoms with Gasteiger partial charge in [0.1, 0.15) is 0 Å². The summed E-state index contributed by atoms with van der Waals surface area (Å²) in [5.74, 6) is 1.63. The van der Waals surface area contributed by atoms with Gasteiger partial charge in [0.05, 0.1) is 6.10 Å². The lowest BCUT2D eigenvalue weighted by Crippen LogP contribution is -2.32. The van der Waals surface area contributed by atoms with Crippen LogP contribution in [0.5, 0.6) is 0 Å². The maximum Gasteiger partial charge on any atom is 0.0548 e. The molecule has 1 nitrogen and oxygen atoms in total. The highest BCUT2D eigenvalue weighted by atomic mass is 16.3. The third-order valence-electron chi connectivity index (χ3n) is 3.36. The fourth-order valence-electron chi connectivity index (χ4n) is 2.80. The Bertz CT molecular complexity index is 193. The highest BCUT2D eigenvalue weighted by Gasteiger charge is 2.30. The standard InChI is InChI=1S/C12H22O/c1-5-11-6-8(2)12(10(4)13)9(3)7-11/h6,8-10,12-13H,5,7H2,1-4H3/t8?,9?,10-,12-/m0/s1. The van der Waals surface area contributed by atoms with Crippen LogP contribution < -0.4 is 0 Å². The quantitative estimate of drug-likeness (QED) is 0.651. The van der Waals surface area contributed by atoms with Crippen LogP contribution in [0.15, 0.2) is 11.6 Å². The number of aliphatic hydroxyl groups excluding tert-OH is 1. The lowest BCUT2D eigenvalue weighted by atomic mass is 9.72. The zero-order valence-corrected chi connectivity index (χ0v) is 9.25. The lowest BCUT2D eigenvalue weighted by molar-refractivity contribution is 0.0644. The van der Waals surface area contributed by atoms with Gasteiger partial charge in [0.15, 0.2) is 0 Å². The summed E-state index contributed by atoms with van der Waals surface area (Å²) in [6.45, 7) is 8.62. The van der Waals surface area contributed by atoms with Gasteiger partial charge in [-0.1, -0.05) is 32.4 Å². The Balaban J connectivity index is 2.75. The van der Waals surface area contributed by atoms with Gasteiger partial charge in [0, 0.05) is 0 Å². The van der Waals surface area contributed by atoms with Gasteiger partial charge in [-0.05, 0) is 37.5 Å². The molecule has 0 aromatic heterocycles. The summed E-state index contributed by atoms with van der Waals surface area (Å²) in [5.41, 5.74) is 1.57. The van der Waals surface area contributed by atoms with Crippen LogP contribution in [-0.2, 0) is 0 Å². The fourth-order valence-corrected chi connectivity index (χ4v) is 2.80. The van der Waals surface area contributed by atoms with Gasteiger partial charge >= 0.3 is 0 Å². The smallest absolute Gasteiger partial charge is 0.0548 e. The molecule has 0 saturated carbocycles. The van der Waals surface area contributed by atoms with Gasteiger partial charge in [0.25, 0.3) is 0 Å². The van der Waals surface area contributed by atoms with Gasteiger partial charge in [-0.25, -0.2) is 0 Å². The van der Waals surface area contributed by atoms with Gasteiger partial charge in [-0.3, -0.25) is 0 Å². The van der Waals surface area contributed by atoms with Crippen molar-refractivity contribution < 1.29 is 5.11 Å². The van der Waals surface area contributed by atoms with Crippen molar-refractivity contribution in [3.63, 3.8) is 0 Å². The van der Waals surface area contributed by atoms with Crippen LogP contribution >= 0.6 is 0 Å². The van der Waals surface area contributed by atoms with Crippen LogP contribution in [0.25, 0.3) is 0 Å². The van der Waals surface area contributed by atoms with Crippen molar-refractivity contribution in [2.45, 2.75) is 46.6 Å². The Morgan fingerprint density at radius 3 is 2.54 bits per heavy atom. The monoisotopic (exact) mass is 182 g/mol. The van der Waals surface area contributed by atoms with Crippen molar-refractivity contribution in [3.8, 4) is 0 Å². The molecule has 0 bridgehead atoms.